The molecule has 0 saturated heterocycles. The predicted octanol–water partition coefficient (Wildman–Crippen LogP) is 1.39. The van der Waals surface area contributed by atoms with Crippen molar-refractivity contribution in [1.82, 2.24) is 15.0 Å². The Morgan fingerprint density at radius 2 is 2.40 bits per heavy atom. The van der Waals surface area contributed by atoms with Gasteiger partial charge in [-0.05, 0) is 13.3 Å². The highest BCUT2D eigenvalue weighted by molar-refractivity contribution is 4.87. The maximum Gasteiger partial charge on any atom is 0.0722 e. The Morgan fingerprint density at radius 1 is 1.60 bits per heavy atom. The molecule has 0 aliphatic heterocycles. The Bertz CT molecular complexity index is 192. The minimum absolute atomic E-state index is 1.00. The topological polar surface area (TPSA) is 30.7 Å². The van der Waals surface area contributed by atoms with Crippen LogP contribution < -0.4 is 0 Å². The van der Waals surface area contributed by atoms with E-state index < -0.39 is 0 Å². The van der Waals surface area contributed by atoms with Gasteiger partial charge in [0, 0.05) is 6.54 Å². The molecule has 0 aliphatic carbocycles. The van der Waals surface area contributed by atoms with E-state index in [1.807, 2.05) is 11.6 Å². The minimum atomic E-state index is 1.00. The van der Waals surface area contributed by atoms with Crippen molar-refractivity contribution in [3.05, 3.63) is 11.9 Å². The van der Waals surface area contributed by atoms with Crippen LogP contribution in [0.4, 0.5) is 0 Å². The van der Waals surface area contributed by atoms with Gasteiger partial charge >= 0.3 is 0 Å². The fraction of sp³-hybridized carbons (Fsp3) is 0.714. The third-order valence-corrected chi connectivity index (χ3v) is 1.53. The Hall–Kier alpha value is -0.860. The molecule has 3 heteroatoms. The fourth-order valence-corrected chi connectivity index (χ4v) is 0.838. The molecule has 0 aromatic carbocycles. The van der Waals surface area contributed by atoms with E-state index in [2.05, 4.69) is 17.2 Å². The molecule has 3 nitrogen and oxygen atoms in total. The number of hydrogen-bond acceptors (Lipinski definition) is 2. The Morgan fingerprint density at radius 3 is 2.90 bits per heavy atom. The lowest BCUT2D eigenvalue weighted by atomic mass is 10.3. The SMILES string of the molecule is CCCCn1nncc1C. The van der Waals surface area contributed by atoms with E-state index in [1.165, 1.54) is 12.8 Å². The van der Waals surface area contributed by atoms with Gasteiger partial charge in [0.25, 0.3) is 0 Å². The number of unbranched alkanes of at least 4 members (excludes halogenated alkanes) is 1. The lowest BCUT2D eigenvalue weighted by molar-refractivity contribution is 0.542. The molecular formula is C7H13N3. The molecule has 0 atom stereocenters. The molecule has 0 radical (unpaired) electrons. The van der Waals surface area contributed by atoms with Crippen LogP contribution in [0.25, 0.3) is 0 Å². The van der Waals surface area contributed by atoms with Gasteiger partial charge in [-0.15, -0.1) is 5.10 Å². The Kier molecular flexibility index (Phi) is 2.42. The normalized spacial score (nSPS) is 10.2. The molecule has 56 valence electrons. The summed E-state index contributed by atoms with van der Waals surface area (Å²) in [6, 6.07) is 0. The van der Waals surface area contributed by atoms with Crippen molar-refractivity contribution in [2.45, 2.75) is 33.2 Å². The van der Waals surface area contributed by atoms with Crippen LogP contribution in [0.5, 0.6) is 0 Å². The largest absolute Gasteiger partial charge is 0.250 e. The third-order valence-electron chi connectivity index (χ3n) is 1.53. The van der Waals surface area contributed by atoms with Crippen molar-refractivity contribution >= 4 is 0 Å². The highest BCUT2D eigenvalue weighted by Gasteiger charge is 1.94. The van der Waals surface area contributed by atoms with Crippen molar-refractivity contribution in [2.75, 3.05) is 0 Å². The molecule has 1 heterocycles. The first-order valence-electron chi connectivity index (χ1n) is 3.69. The molecule has 1 aromatic heterocycles. The van der Waals surface area contributed by atoms with Crippen LogP contribution in [0.15, 0.2) is 6.20 Å². The summed E-state index contributed by atoms with van der Waals surface area (Å²) in [5, 5.41) is 7.71. The summed E-state index contributed by atoms with van der Waals surface area (Å²) in [6.45, 7) is 5.20. The van der Waals surface area contributed by atoms with E-state index in [-0.39, 0.29) is 0 Å². The van der Waals surface area contributed by atoms with Gasteiger partial charge in [-0.1, -0.05) is 18.6 Å². The van der Waals surface area contributed by atoms with Gasteiger partial charge in [-0.3, -0.25) is 0 Å². The van der Waals surface area contributed by atoms with Crippen LogP contribution in [0, 0.1) is 6.92 Å². The molecule has 0 spiro atoms. The second-order valence-corrected chi connectivity index (χ2v) is 2.45. The molecule has 0 unspecified atom stereocenters. The maximum absolute atomic E-state index is 3.92. The molecule has 1 aromatic rings. The first-order chi connectivity index (χ1) is 4.84. The van der Waals surface area contributed by atoms with Crippen LogP contribution >= 0.6 is 0 Å². The van der Waals surface area contributed by atoms with E-state index in [4.69, 9.17) is 0 Å². The molecule has 0 N–H and O–H groups in total. The molecular weight excluding hydrogens is 126 g/mol. The van der Waals surface area contributed by atoms with Gasteiger partial charge in [0.1, 0.15) is 0 Å². The molecule has 10 heavy (non-hydrogen) atoms. The van der Waals surface area contributed by atoms with E-state index in [0.29, 0.717) is 0 Å². The van der Waals surface area contributed by atoms with E-state index in [9.17, 15) is 0 Å². The lowest BCUT2D eigenvalue weighted by Crippen LogP contribution is -2.01. The summed E-state index contributed by atoms with van der Waals surface area (Å²) in [5.41, 5.74) is 1.15. The first-order valence-corrected chi connectivity index (χ1v) is 3.69. The van der Waals surface area contributed by atoms with Crippen LogP contribution in [-0.4, -0.2) is 15.0 Å². The fourth-order valence-electron chi connectivity index (χ4n) is 0.838. The minimum Gasteiger partial charge on any atom is -0.250 e. The molecule has 0 saturated carbocycles. The second kappa shape index (κ2) is 3.34. The van der Waals surface area contributed by atoms with Crippen LogP contribution in [0.1, 0.15) is 25.5 Å². The van der Waals surface area contributed by atoms with Crippen molar-refractivity contribution < 1.29 is 0 Å². The van der Waals surface area contributed by atoms with Crippen molar-refractivity contribution in [3.8, 4) is 0 Å². The Labute approximate surface area is 61.1 Å². The van der Waals surface area contributed by atoms with Gasteiger partial charge in [0.2, 0.25) is 0 Å². The lowest BCUT2D eigenvalue weighted by Gasteiger charge is -1.98. The highest BCUT2D eigenvalue weighted by Crippen LogP contribution is 1.96. The number of hydrogen-bond donors (Lipinski definition) is 0. The molecule has 0 bridgehead atoms. The Balaban J connectivity index is 2.49. The van der Waals surface area contributed by atoms with Crippen LogP contribution in [-0.2, 0) is 6.54 Å². The number of rotatable bonds is 3. The zero-order valence-corrected chi connectivity index (χ0v) is 6.54. The number of nitrogens with zero attached hydrogens (tertiary/aromatic N) is 3. The van der Waals surface area contributed by atoms with Crippen LogP contribution in [0.3, 0.4) is 0 Å². The summed E-state index contributed by atoms with van der Waals surface area (Å²) in [5.74, 6) is 0. The average Bonchev–Trinajstić information content (AvgIpc) is 2.31. The predicted molar refractivity (Wildman–Crippen MR) is 39.7 cm³/mol. The smallest absolute Gasteiger partial charge is 0.0722 e. The zero-order chi connectivity index (χ0) is 7.40. The third kappa shape index (κ3) is 1.56. The van der Waals surface area contributed by atoms with E-state index >= 15 is 0 Å². The van der Waals surface area contributed by atoms with Gasteiger partial charge < -0.3 is 0 Å². The van der Waals surface area contributed by atoms with Crippen molar-refractivity contribution in [3.63, 3.8) is 0 Å². The molecule has 1 rings (SSSR count). The number of aromatic nitrogens is 3. The van der Waals surface area contributed by atoms with E-state index in [1.54, 1.807) is 6.20 Å². The van der Waals surface area contributed by atoms with Gasteiger partial charge in [-0.25, -0.2) is 4.68 Å². The highest BCUT2D eigenvalue weighted by atomic mass is 15.4. The maximum atomic E-state index is 3.92. The quantitative estimate of drug-likeness (QED) is 0.633. The monoisotopic (exact) mass is 139 g/mol. The standard InChI is InChI=1S/C7H13N3/c1-3-4-5-10-7(2)6-8-9-10/h6H,3-5H2,1-2H3. The summed E-state index contributed by atoms with van der Waals surface area (Å²) >= 11 is 0. The van der Waals surface area contributed by atoms with Crippen molar-refractivity contribution in [2.24, 2.45) is 0 Å². The molecule has 0 aliphatic rings. The summed E-state index contributed by atoms with van der Waals surface area (Å²) < 4.78 is 1.93. The zero-order valence-electron chi connectivity index (χ0n) is 6.54. The summed E-state index contributed by atoms with van der Waals surface area (Å²) in [4.78, 5) is 0. The average molecular weight is 139 g/mol. The number of aryl methyl sites for hydroxylation is 2. The molecule has 0 amide bonds. The van der Waals surface area contributed by atoms with E-state index in [0.717, 1.165) is 12.2 Å². The first kappa shape index (κ1) is 7.25. The molecule has 0 fully saturated rings. The second-order valence-electron chi connectivity index (χ2n) is 2.45. The van der Waals surface area contributed by atoms with Gasteiger partial charge in [0.05, 0.1) is 11.9 Å². The van der Waals surface area contributed by atoms with Crippen LogP contribution in [0.2, 0.25) is 0 Å². The van der Waals surface area contributed by atoms with Gasteiger partial charge in [-0.2, -0.15) is 0 Å². The summed E-state index contributed by atoms with van der Waals surface area (Å²) in [6.07, 6.45) is 4.18. The van der Waals surface area contributed by atoms with Gasteiger partial charge in [0.15, 0.2) is 0 Å². The van der Waals surface area contributed by atoms with Crippen molar-refractivity contribution in [1.29, 1.82) is 0 Å². The summed E-state index contributed by atoms with van der Waals surface area (Å²) in [7, 11) is 0.